The van der Waals surface area contributed by atoms with Crippen LogP contribution >= 0.6 is 11.3 Å². The van der Waals surface area contributed by atoms with Gasteiger partial charge in [-0.1, -0.05) is 0 Å². The monoisotopic (exact) mass is 237 g/mol. The number of aromatic nitrogens is 3. The highest BCUT2D eigenvalue weighted by Gasteiger charge is 2.13. The number of hydrogen-bond donors (Lipinski definition) is 3. The van der Waals surface area contributed by atoms with Gasteiger partial charge in [0.25, 0.3) is 5.91 Å². The van der Waals surface area contributed by atoms with Crippen molar-refractivity contribution in [2.45, 2.75) is 13.8 Å². The van der Waals surface area contributed by atoms with Crippen LogP contribution in [-0.2, 0) is 0 Å². The molecule has 0 aliphatic heterocycles. The first-order chi connectivity index (χ1) is 7.58. The normalized spacial score (nSPS) is 10.4. The van der Waals surface area contributed by atoms with Crippen LogP contribution in [0, 0.1) is 13.8 Å². The van der Waals surface area contributed by atoms with E-state index in [4.69, 9.17) is 5.73 Å². The van der Waals surface area contributed by atoms with E-state index in [1.165, 1.54) is 11.3 Å². The van der Waals surface area contributed by atoms with E-state index in [1.807, 2.05) is 13.8 Å². The summed E-state index contributed by atoms with van der Waals surface area (Å²) in [7, 11) is 0. The molecule has 16 heavy (non-hydrogen) atoms. The van der Waals surface area contributed by atoms with E-state index >= 15 is 0 Å². The standard InChI is InChI=1S/C9H11N5OS/c1-4-7(5(2)14-13-4)12-8(15)6-3-16-9(10)11-6/h3H,1-2H3,(H2,10,11)(H,12,15)(H,13,14). The first-order valence-electron chi connectivity index (χ1n) is 4.62. The van der Waals surface area contributed by atoms with Crippen molar-refractivity contribution in [2.24, 2.45) is 0 Å². The highest BCUT2D eigenvalue weighted by Crippen LogP contribution is 2.18. The number of nitrogens with zero attached hydrogens (tertiary/aromatic N) is 2. The van der Waals surface area contributed by atoms with Gasteiger partial charge in [-0.3, -0.25) is 9.89 Å². The van der Waals surface area contributed by atoms with Crippen molar-refractivity contribution >= 4 is 28.1 Å². The predicted molar refractivity (Wildman–Crippen MR) is 62.5 cm³/mol. The lowest BCUT2D eigenvalue weighted by molar-refractivity contribution is 0.102. The Labute approximate surface area is 95.9 Å². The maximum atomic E-state index is 11.8. The van der Waals surface area contributed by atoms with Gasteiger partial charge in [-0.2, -0.15) is 5.10 Å². The minimum Gasteiger partial charge on any atom is -0.375 e. The number of rotatable bonds is 2. The van der Waals surface area contributed by atoms with Crippen molar-refractivity contribution < 1.29 is 4.79 Å². The molecule has 0 unspecified atom stereocenters. The van der Waals surface area contributed by atoms with Gasteiger partial charge in [-0.25, -0.2) is 4.98 Å². The number of nitrogen functional groups attached to an aromatic ring is 1. The minimum absolute atomic E-state index is 0.277. The van der Waals surface area contributed by atoms with Crippen molar-refractivity contribution in [3.63, 3.8) is 0 Å². The molecule has 0 saturated heterocycles. The molecule has 2 rings (SSSR count). The van der Waals surface area contributed by atoms with Gasteiger partial charge < -0.3 is 11.1 Å². The lowest BCUT2D eigenvalue weighted by atomic mass is 10.3. The molecule has 0 spiro atoms. The molecule has 2 aromatic rings. The molecular formula is C9H11N5OS. The molecule has 0 fully saturated rings. The Morgan fingerprint density at radius 1 is 1.56 bits per heavy atom. The lowest BCUT2D eigenvalue weighted by Gasteiger charge is -2.02. The second kappa shape index (κ2) is 3.93. The maximum Gasteiger partial charge on any atom is 0.275 e. The Bertz CT molecular complexity index is 510. The molecule has 2 aromatic heterocycles. The number of aromatic amines is 1. The number of carbonyl (C=O) groups is 1. The van der Waals surface area contributed by atoms with Gasteiger partial charge in [0.15, 0.2) is 5.13 Å². The van der Waals surface area contributed by atoms with Gasteiger partial charge in [0, 0.05) is 5.38 Å². The molecule has 1 amide bonds. The fourth-order valence-electron chi connectivity index (χ4n) is 1.30. The molecular weight excluding hydrogens is 226 g/mol. The summed E-state index contributed by atoms with van der Waals surface area (Å²) in [5.41, 5.74) is 8.03. The predicted octanol–water partition coefficient (Wildman–Crippen LogP) is 1.32. The highest BCUT2D eigenvalue weighted by molar-refractivity contribution is 7.13. The van der Waals surface area contributed by atoms with Crippen LogP contribution in [0.1, 0.15) is 21.9 Å². The average molecular weight is 237 g/mol. The fraction of sp³-hybridized carbons (Fsp3) is 0.222. The third-order valence-electron chi connectivity index (χ3n) is 2.12. The zero-order chi connectivity index (χ0) is 11.7. The second-order valence-electron chi connectivity index (χ2n) is 3.33. The van der Waals surface area contributed by atoms with Gasteiger partial charge in [0.1, 0.15) is 5.69 Å². The Hall–Kier alpha value is -1.89. The molecule has 84 valence electrons. The van der Waals surface area contributed by atoms with Gasteiger partial charge in [-0.05, 0) is 13.8 Å². The summed E-state index contributed by atoms with van der Waals surface area (Å²) < 4.78 is 0. The highest BCUT2D eigenvalue weighted by atomic mass is 32.1. The van der Waals surface area contributed by atoms with Crippen LogP contribution in [0.2, 0.25) is 0 Å². The first kappa shape index (κ1) is 10.6. The summed E-state index contributed by atoms with van der Waals surface area (Å²) in [6.45, 7) is 3.65. The number of H-pyrrole nitrogens is 1. The molecule has 0 radical (unpaired) electrons. The molecule has 0 aliphatic carbocycles. The number of amides is 1. The largest absolute Gasteiger partial charge is 0.375 e. The molecule has 4 N–H and O–H groups in total. The van der Waals surface area contributed by atoms with Crippen LogP contribution in [0.4, 0.5) is 10.8 Å². The third kappa shape index (κ3) is 1.89. The summed E-state index contributed by atoms with van der Waals surface area (Å²) in [5.74, 6) is -0.277. The van der Waals surface area contributed by atoms with E-state index < -0.39 is 0 Å². The smallest absolute Gasteiger partial charge is 0.275 e. The molecule has 7 heteroatoms. The lowest BCUT2D eigenvalue weighted by Crippen LogP contribution is -2.13. The Morgan fingerprint density at radius 3 is 2.81 bits per heavy atom. The van der Waals surface area contributed by atoms with Crippen molar-refractivity contribution in [1.82, 2.24) is 15.2 Å². The molecule has 0 aliphatic rings. The third-order valence-corrected chi connectivity index (χ3v) is 2.80. The first-order valence-corrected chi connectivity index (χ1v) is 5.50. The van der Waals surface area contributed by atoms with Crippen molar-refractivity contribution in [3.05, 3.63) is 22.5 Å². The van der Waals surface area contributed by atoms with Crippen LogP contribution in [-0.4, -0.2) is 21.1 Å². The number of thiazole rings is 1. The molecule has 6 nitrogen and oxygen atoms in total. The number of anilines is 2. The topological polar surface area (TPSA) is 96.7 Å². The average Bonchev–Trinajstić information content (AvgIpc) is 2.79. The zero-order valence-corrected chi connectivity index (χ0v) is 9.68. The van der Waals surface area contributed by atoms with E-state index in [0.29, 0.717) is 16.5 Å². The van der Waals surface area contributed by atoms with Gasteiger partial charge in [0.05, 0.1) is 17.1 Å². The molecule has 0 bridgehead atoms. The zero-order valence-electron chi connectivity index (χ0n) is 8.87. The van der Waals surface area contributed by atoms with Crippen LogP contribution < -0.4 is 11.1 Å². The Kier molecular flexibility index (Phi) is 2.61. The van der Waals surface area contributed by atoms with Crippen LogP contribution in [0.3, 0.4) is 0 Å². The van der Waals surface area contributed by atoms with E-state index in [-0.39, 0.29) is 5.91 Å². The Balaban J connectivity index is 2.20. The van der Waals surface area contributed by atoms with Crippen LogP contribution in [0.5, 0.6) is 0 Å². The number of hydrogen-bond acceptors (Lipinski definition) is 5. The fourth-order valence-corrected chi connectivity index (χ4v) is 1.85. The van der Waals surface area contributed by atoms with Crippen molar-refractivity contribution in [3.8, 4) is 0 Å². The molecule has 0 saturated carbocycles. The van der Waals surface area contributed by atoms with E-state index in [1.54, 1.807) is 5.38 Å². The summed E-state index contributed by atoms with van der Waals surface area (Å²) in [4.78, 5) is 15.7. The van der Waals surface area contributed by atoms with E-state index in [0.717, 1.165) is 11.4 Å². The van der Waals surface area contributed by atoms with Gasteiger partial charge in [-0.15, -0.1) is 11.3 Å². The minimum atomic E-state index is -0.277. The maximum absolute atomic E-state index is 11.8. The molecule has 0 atom stereocenters. The summed E-state index contributed by atoms with van der Waals surface area (Å²) in [5, 5.41) is 11.5. The SMILES string of the molecule is Cc1n[nH]c(C)c1NC(=O)c1csc(N)n1. The quantitative estimate of drug-likeness (QED) is 0.733. The summed E-state index contributed by atoms with van der Waals surface area (Å²) in [6, 6.07) is 0. The number of aryl methyl sites for hydroxylation is 2. The van der Waals surface area contributed by atoms with Crippen molar-refractivity contribution in [2.75, 3.05) is 11.1 Å². The number of carbonyl (C=O) groups excluding carboxylic acids is 1. The molecule has 0 aromatic carbocycles. The van der Waals surface area contributed by atoms with E-state index in [2.05, 4.69) is 20.5 Å². The van der Waals surface area contributed by atoms with E-state index in [9.17, 15) is 4.79 Å². The Morgan fingerprint density at radius 2 is 2.31 bits per heavy atom. The number of nitrogens with one attached hydrogen (secondary N) is 2. The second-order valence-corrected chi connectivity index (χ2v) is 4.22. The van der Waals surface area contributed by atoms with Gasteiger partial charge >= 0.3 is 0 Å². The van der Waals surface area contributed by atoms with Crippen LogP contribution in [0.25, 0.3) is 0 Å². The summed E-state index contributed by atoms with van der Waals surface area (Å²) in [6.07, 6.45) is 0. The number of nitrogens with two attached hydrogens (primary N) is 1. The van der Waals surface area contributed by atoms with Gasteiger partial charge in [0.2, 0.25) is 0 Å². The van der Waals surface area contributed by atoms with Crippen molar-refractivity contribution in [1.29, 1.82) is 0 Å². The van der Waals surface area contributed by atoms with Crippen LogP contribution in [0.15, 0.2) is 5.38 Å². The summed E-state index contributed by atoms with van der Waals surface area (Å²) >= 11 is 1.24. The molecule has 2 heterocycles.